The minimum atomic E-state index is -0.544. The molecule has 1 aromatic heterocycles. The van der Waals surface area contributed by atoms with E-state index < -0.39 is 10.5 Å². The van der Waals surface area contributed by atoms with E-state index in [1.54, 1.807) is 23.1 Å². The van der Waals surface area contributed by atoms with Crippen LogP contribution in [0.3, 0.4) is 0 Å². The van der Waals surface area contributed by atoms with Gasteiger partial charge in [0.1, 0.15) is 17.1 Å². The fourth-order valence-electron chi connectivity index (χ4n) is 4.11. The van der Waals surface area contributed by atoms with Gasteiger partial charge in [0.15, 0.2) is 0 Å². The number of rotatable bonds is 4. The molecule has 0 aliphatic carbocycles. The Kier molecular flexibility index (Phi) is 5.92. The number of nitrogens with zero attached hydrogens (tertiary/aromatic N) is 3. The number of hydrogen-bond donors (Lipinski definition) is 2. The number of fused-ring (bicyclic) bond motifs is 1. The fraction of sp³-hybridized carbons (Fsp3) is 0.435. The van der Waals surface area contributed by atoms with Crippen LogP contribution < -0.4 is 10.6 Å². The van der Waals surface area contributed by atoms with E-state index in [-0.39, 0.29) is 30.0 Å². The Morgan fingerprint density at radius 2 is 2.00 bits per heavy atom. The summed E-state index contributed by atoms with van der Waals surface area (Å²) in [6, 6.07) is 6.95. The molecule has 33 heavy (non-hydrogen) atoms. The molecule has 0 unspecified atom stereocenters. The highest BCUT2D eigenvalue weighted by atomic mass is 16.6. The zero-order valence-electron chi connectivity index (χ0n) is 18.9. The summed E-state index contributed by atoms with van der Waals surface area (Å²) in [6.45, 7) is 6.59. The Balaban J connectivity index is 1.46. The molecule has 2 aliphatic rings. The summed E-state index contributed by atoms with van der Waals surface area (Å²) in [5, 5.41) is 17.5. The molecule has 1 aromatic carbocycles. The van der Waals surface area contributed by atoms with Gasteiger partial charge in [-0.15, -0.1) is 0 Å². The van der Waals surface area contributed by atoms with E-state index in [2.05, 4.69) is 15.6 Å². The Morgan fingerprint density at radius 1 is 1.27 bits per heavy atom. The number of piperidine rings is 1. The second-order valence-electron chi connectivity index (χ2n) is 9.36. The molecule has 174 valence electrons. The molecule has 1 fully saturated rings. The number of likely N-dealkylation sites (tertiary alicyclic amines) is 1. The summed E-state index contributed by atoms with van der Waals surface area (Å²) in [6.07, 6.45) is 2.86. The summed E-state index contributed by atoms with van der Waals surface area (Å²) >= 11 is 0. The van der Waals surface area contributed by atoms with Crippen LogP contribution in [0.5, 0.6) is 0 Å². The summed E-state index contributed by atoms with van der Waals surface area (Å²) in [7, 11) is 0. The van der Waals surface area contributed by atoms with Crippen LogP contribution in [0.25, 0.3) is 0 Å². The lowest BCUT2D eigenvalue weighted by atomic mass is 9.89. The monoisotopic (exact) mass is 453 g/mol. The number of nitro benzene ring substituents is 1. The number of nitrogens with one attached hydrogen (secondary N) is 2. The van der Waals surface area contributed by atoms with Gasteiger partial charge >= 0.3 is 6.09 Å². The summed E-state index contributed by atoms with van der Waals surface area (Å²) in [4.78, 5) is 41.1. The van der Waals surface area contributed by atoms with Crippen molar-refractivity contribution in [1.29, 1.82) is 0 Å². The van der Waals surface area contributed by atoms with Gasteiger partial charge in [-0.1, -0.05) is 6.07 Å². The minimum absolute atomic E-state index is 0.0308. The number of ether oxygens (including phenoxy) is 1. The maximum Gasteiger partial charge on any atom is 0.410 e. The SMILES string of the molecule is CC(C)(C)OC(=O)N1CCC(c2ccc(Nc3cnc4c(c3)CC(=O)N4)c([N+](=O)[O-])c2)CC1. The zero-order chi connectivity index (χ0) is 23.8. The van der Waals surface area contributed by atoms with Crippen molar-refractivity contribution in [2.45, 2.75) is 51.6 Å². The van der Waals surface area contributed by atoms with Crippen molar-refractivity contribution in [3.63, 3.8) is 0 Å². The Bertz CT molecular complexity index is 1100. The highest BCUT2D eigenvalue weighted by molar-refractivity contribution is 5.98. The number of carbonyl (C=O) groups excluding carboxylic acids is 2. The first-order valence-corrected chi connectivity index (χ1v) is 10.9. The maximum absolute atomic E-state index is 12.3. The Morgan fingerprint density at radius 3 is 2.67 bits per heavy atom. The normalized spacial score (nSPS) is 16.2. The molecule has 0 atom stereocenters. The first-order chi connectivity index (χ1) is 15.6. The lowest BCUT2D eigenvalue weighted by Crippen LogP contribution is -2.41. The zero-order valence-corrected chi connectivity index (χ0v) is 18.9. The number of aromatic nitrogens is 1. The predicted octanol–water partition coefficient (Wildman–Crippen LogP) is 4.34. The number of benzene rings is 1. The van der Waals surface area contributed by atoms with E-state index >= 15 is 0 Å². The third kappa shape index (κ3) is 5.21. The van der Waals surface area contributed by atoms with Gasteiger partial charge < -0.3 is 20.3 Å². The Labute approximate surface area is 191 Å². The average Bonchev–Trinajstić information content (AvgIpc) is 3.12. The molecule has 4 rings (SSSR count). The first-order valence-electron chi connectivity index (χ1n) is 10.9. The molecule has 10 nitrogen and oxygen atoms in total. The van der Waals surface area contributed by atoms with E-state index in [4.69, 9.17) is 4.74 Å². The molecule has 2 aliphatic heterocycles. The predicted molar refractivity (Wildman–Crippen MR) is 123 cm³/mol. The van der Waals surface area contributed by atoms with Crippen LogP contribution in [0.15, 0.2) is 30.5 Å². The quantitative estimate of drug-likeness (QED) is 0.521. The third-order valence-corrected chi connectivity index (χ3v) is 5.69. The standard InChI is InChI=1S/C23H27N5O5/c1-23(2,3)33-22(30)27-8-6-14(7-9-27)15-4-5-18(19(11-15)28(31)32)25-17-10-16-12-20(29)26-21(16)24-13-17/h4-5,10-11,13-14,25H,6-9,12H2,1-3H3,(H,24,26,29). The van der Waals surface area contributed by atoms with E-state index in [0.29, 0.717) is 43.1 Å². The van der Waals surface area contributed by atoms with Crippen LogP contribution in [-0.2, 0) is 16.0 Å². The van der Waals surface area contributed by atoms with Crippen molar-refractivity contribution in [2.75, 3.05) is 23.7 Å². The van der Waals surface area contributed by atoms with E-state index in [0.717, 1.165) is 11.1 Å². The molecule has 1 saturated heterocycles. The van der Waals surface area contributed by atoms with Crippen LogP contribution in [0.1, 0.15) is 50.7 Å². The van der Waals surface area contributed by atoms with Crippen LogP contribution >= 0.6 is 0 Å². The summed E-state index contributed by atoms with van der Waals surface area (Å²) in [5.41, 5.74) is 1.98. The van der Waals surface area contributed by atoms with Crippen LogP contribution in [-0.4, -0.2) is 45.5 Å². The fourth-order valence-corrected chi connectivity index (χ4v) is 4.11. The molecule has 3 heterocycles. The highest BCUT2D eigenvalue weighted by Gasteiger charge is 2.29. The van der Waals surface area contributed by atoms with Gasteiger partial charge in [-0.25, -0.2) is 9.78 Å². The molecule has 10 heteroatoms. The molecule has 0 bridgehead atoms. The lowest BCUT2D eigenvalue weighted by molar-refractivity contribution is -0.384. The second-order valence-corrected chi connectivity index (χ2v) is 9.36. The molecular weight excluding hydrogens is 426 g/mol. The third-order valence-electron chi connectivity index (χ3n) is 5.69. The van der Waals surface area contributed by atoms with Crippen molar-refractivity contribution in [1.82, 2.24) is 9.88 Å². The van der Waals surface area contributed by atoms with Crippen molar-refractivity contribution >= 4 is 34.9 Å². The van der Waals surface area contributed by atoms with E-state index in [1.807, 2.05) is 26.8 Å². The van der Waals surface area contributed by atoms with Gasteiger partial charge in [0.2, 0.25) is 5.91 Å². The molecule has 2 aromatic rings. The maximum atomic E-state index is 12.3. The Hall–Kier alpha value is -3.69. The lowest BCUT2D eigenvalue weighted by Gasteiger charge is -2.33. The molecule has 2 N–H and O–H groups in total. The van der Waals surface area contributed by atoms with Crippen molar-refractivity contribution < 1.29 is 19.2 Å². The molecule has 0 saturated carbocycles. The van der Waals surface area contributed by atoms with Crippen LogP contribution in [0, 0.1) is 10.1 Å². The van der Waals surface area contributed by atoms with Gasteiger partial charge in [-0.2, -0.15) is 0 Å². The number of nitro groups is 1. The first kappa shape index (κ1) is 22.5. The molecule has 0 radical (unpaired) electrons. The number of anilines is 3. The van der Waals surface area contributed by atoms with E-state index in [9.17, 15) is 19.7 Å². The number of carbonyl (C=O) groups is 2. The number of amides is 2. The summed E-state index contributed by atoms with van der Waals surface area (Å²) < 4.78 is 5.44. The number of pyridine rings is 1. The van der Waals surface area contributed by atoms with Crippen molar-refractivity contribution in [2.24, 2.45) is 0 Å². The van der Waals surface area contributed by atoms with Gasteiger partial charge in [0.05, 0.1) is 23.2 Å². The van der Waals surface area contributed by atoms with Gasteiger partial charge in [0, 0.05) is 24.7 Å². The molecule has 2 amide bonds. The topological polar surface area (TPSA) is 127 Å². The largest absolute Gasteiger partial charge is 0.444 e. The smallest absolute Gasteiger partial charge is 0.410 e. The van der Waals surface area contributed by atoms with Crippen LogP contribution in [0.4, 0.5) is 27.7 Å². The average molecular weight is 453 g/mol. The van der Waals surface area contributed by atoms with Gasteiger partial charge in [-0.3, -0.25) is 14.9 Å². The van der Waals surface area contributed by atoms with Crippen molar-refractivity contribution in [3.8, 4) is 0 Å². The van der Waals surface area contributed by atoms with Crippen LogP contribution in [0.2, 0.25) is 0 Å². The van der Waals surface area contributed by atoms with Gasteiger partial charge in [0.25, 0.3) is 5.69 Å². The number of hydrogen-bond acceptors (Lipinski definition) is 7. The van der Waals surface area contributed by atoms with Crippen molar-refractivity contribution in [3.05, 3.63) is 51.7 Å². The highest BCUT2D eigenvalue weighted by Crippen LogP contribution is 2.35. The van der Waals surface area contributed by atoms with E-state index in [1.165, 1.54) is 6.20 Å². The summed E-state index contributed by atoms with van der Waals surface area (Å²) in [5.74, 6) is 0.519. The van der Waals surface area contributed by atoms with Gasteiger partial charge in [-0.05, 0) is 57.2 Å². The molecule has 0 spiro atoms. The molecular formula is C23H27N5O5. The minimum Gasteiger partial charge on any atom is -0.444 e. The second kappa shape index (κ2) is 8.68.